The number of thioether (sulfide) groups is 1. The van der Waals surface area contributed by atoms with Gasteiger partial charge >= 0.3 is 5.97 Å². The first kappa shape index (κ1) is 21.9. The zero-order valence-corrected chi connectivity index (χ0v) is 17.0. The summed E-state index contributed by atoms with van der Waals surface area (Å²) in [7, 11) is 1.43. The fourth-order valence-electron chi connectivity index (χ4n) is 2.56. The number of phenolic OH excluding ortho intramolecular Hbond substituents is 1. The van der Waals surface area contributed by atoms with Crippen LogP contribution in [0.4, 0.5) is 5.69 Å². The van der Waals surface area contributed by atoms with Gasteiger partial charge < -0.3 is 19.9 Å². The van der Waals surface area contributed by atoms with Crippen LogP contribution in [-0.4, -0.2) is 30.7 Å². The first-order chi connectivity index (χ1) is 13.8. The number of aryl methyl sites for hydroxylation is 2. The standard InChI is InChI=1S/C21H20N2O5S/c1-13-8-16(29-12-22)9-14(2)21(13)23-19(25)11-28-20(26)7-5-15-4-6-17(24)18(10-15)27-3/h4-10,24H,11H2,1-3H3,(H,23,25)/b7-5+. The number of ether oxygens (including phenoxy) is 2. The third kappa shape index (κ3) is 6.30. The third-order valence-corrected chi connectivity index (χ3v) is 4.46. The van der Waals surface area contributed by atoms with Gasteiger partial charge in [-0.25, -0.2) is 4.79 Å². The Morgan fingerprint density at radius 3 is 2.55 bits per heavy atom. The van der Waals surface area contributed by atoms with E-state index >= 15 is 0 Å². The predicted octanol–water partition coefficient (Wildman–Crippen LogP) is 3.79. The van der Waals surface area contributed by atoms with Crippen LogP contribution in [0, 0.1) is 24.5 Å². The van der Waals surface area contributed by atoms with E-state index in [0.29, 0.717) is 11.3 Å². The van der Waals surface area contributed by atoms with Crippen LogP contribution < -0.4 is 10.1 Å². The monoisotopic (exact) mass is 412 g/mol. The molecule has 0 spiro atoms. The Labute approximate surface area is 172 Å². The van der Waals surface area contributed by atoms with Crippen LogP contribution >= 0.6 is 11.8 Å². The summed E-state index contributed by atoms with van der Waals surface area (Å²) in [4.78, 5) is 24.7. The van der Waals surface area contributed by atoms with Gasteiger partial charge in [-0.05, 0) is 72.6 Å². The number of nitrogens with zero attached hydrogens (tertiary/aromatic N) is 1. The van der Waals surface area contributed by atoms with Gasteiger partial charge in [-0.15, -0.1) is 0 Å². The zero-order valence-electron chi connectivity index (χ0n) is 16.2. The summed E-state index contributed by atoms with van der Waals surface area (Å²) in [5.41, 5.74) is 2.87. The van der Waals surface area contributed by atoms with Crippen LogP contribution in [0.15, 0.2) is 41.3 Å². The second-order valence-electron chi connectivity index (χ2n) is 6.05. The number of esters is 1. The van der Waals surface area contributed by atoms with E-state index in [0.717, 1.165) is 27.8 Å². The van der Waals surface area contributed by atoms with Crippen molar-refractivity contribution in [1.82, 2.24) is 0 Å². The Morgan fingerprint density at radius 1 is 1.24 bits per heavy atom. The van der Waals surface area contributed by atoms with Crippen molar-refractivity contribution in [3.05, 3.63) is 53.1 Å². The molecule has 0 fully saturated rings. The molecular formula is C21H20N2O5S. The van der Waals surface area contributed by atoms with Crippen molar-refractivity contribution in [3.8, 4) is 16.9 Å². The molecule has 0 saturated carbocycles. The van der Waals surface area contributed by atoms with Crippen molar-refractivity contribution in [2.24, 2.45) is 0 Å². The molecule has 0 aliphatic heterocycles. The number of amides is 1. The maximum atomic E-state index is 12.1. The fraction of sp³-hybridized carbons (Fsp3) is 0.190. The SMILES string of the molecule is COc1cc(/C=C/C(=O)OCC(=O)Nc2c(C)cc(SC#N)cc2C)ccc1O. The van der Waals surface area contributed by atoms with Crippen molar-refractivity contribution >= 4 is 35.4 Å². The smallest absolute Gasteiger partial charge is 0.331 e. The van der Waals surface area contributed by atoms with Crippen molar-refractivity contribution < 1.29 is 24.2 Å². The first-order valence-corrected chi connectivity index (χ1v) is 9.34. The van der Waals surface area contributed by atoms with Crippen molar-refractivity contribution in [1.29, 1.82) is 5.26 Å². The highest BCUT2D eigenvalue weighted by Crippen LogP contribution is 2.28. The number of methoxy groups -OCH3 is 1. The Hall–Kier alpha value is -3.44. The van der Waals surface area contributed by atoms with Gasteiger partial charge in [-0.2, -0.15) is 5.26 Å². The molecular weight excluding hydrogens is 392 g/mol. The summed E-state index contributed by atoms with van der Waals surface area (Å²) in [6.45, 7) is 3.21. The van der Waals surface area contributed by atoms with E-state index in [9.17, 15) is 14.7 Å². The number of carbonyl (C=O) groups excluding carboxylic acids is 2. The van der Waals surface area contributed by atoms with Crippen LogP contribution in [0.3, 0.4) is 0 Å². The molecule has 0 saturated heterocycles. The molecule has 2 aromatic rings. The average Bonchev–Trinajstić information content (AvgIpc) is 2.68. The number of thiocyanates is 1. The van der Waals surface area contributed by atoms with Gasteiger partial charge in [0.2, 0.25) is 0 Å². The molecule has 1 amide bonds. The minimum atomic E-state index is -0.679. The molecule has 2 rings (SSSR count). The molecule has 0 bridgehead atoms. The number of hydrogen-bond donors (Lipinski definition) is 2. The maximum Gasteiger partial charge on any atom is 0.331 e. The third-order valence-electron chi connectivity index (χ3n) is 3.90. The number of benzene rings is 2. The molecule has 0 aliphatic rings. The second kappa shape index (κ2) is 10.2. The van der Waals surface area contributed by atoms with E-state index in [1.165, 1.54) is 25.3 Å². The van der Waals surface area contributed by atoms with Gasteiger partial charge in [0.25, 0.3) is 5.91 Å². The largest absolute Gasteiger partial charge is 0.504 e. The van der Waals surface area contributed by atoms with E-state index in [1.807, 2.05) is 19.2 Å². The molecule has 0 radical (unpaired) electrons. The van der Waals surface area contributed by atoms with E-state index in [2.05, 4.69) is 5.32 Å². The average molecular weight is 412 g/mol. The lowest BCUT2D eigenvalue weighted by molar-refractivity contribution is -0.142. The molecule has 29 heavy (non-hydrogen) atoms. The van der Waals surface area contributed by atoms with E-state index in [-0.39, 0.29) is 11.5 Å². The van der Waals surface area contributed by atoms with Gasteiger partial charge in [-0.3, -0.25) is 4.79 Å². The number of carbonyl (C=O) groups is 2. The van der Waals surface area contributed by atoms with Crippen molar-refractivity contribution in [3.63, 3.8) is 0 Å². The minimum Gasteiger partial charge on any atom is -0.504 e. The Morgan fingerprint density at radius 2 is 1.93 bits per heavy atom. The molecule has 150 valence electrons. The van der Waals surface area contributed by atoms with Gasteiger partial charge in [0.05, 0.1) is 7.11 Å². The summed E-state index contributed by atoms with van der Waals surface area (Å²) in [5, 5.41) is 23.1. The van der Waals surface area contributed by atoms with Crippen LogP contribution in [-0.2, 0) is 14.3 Å². The molecule has 0 atom stereocenters. The lowest BCUT2D eigenvalue weighted by Gasteiger charge is -2.12. The van der Waals surface area contributed by atoms with Gasteiger partial charge in [-0.1, -0.05) is 6.07 Å². The summed E-state index contributed by atoms with van der Waals surface area (Å²) >= 11 is 1.05. The molecule has 0 aliphatic carbocycles. The Bertz CT molecular complexity index is 972. The van der Waals surface area contributed by atoms with E-state index < -0.39 is 18.5 Å². The zero-order chi connectivity index (χ0) is 21.4. The predicted molar refractivity (Wildman–Crippen MR) is 111 cm³/mol. The summed E-state index contributed by atoms with van der Waals surface area (Å²) in [6, 6.07) is 8.22. The number of nitriles is 1. The van der Waals surface area contributed by atoms with Crippen LogP contribution in [0.2, 0.25) is 0 Å². The summed E-state index contributed by atoms with van der Waals surface area (Å²) in [5.74, 6) is -0.870. The number of anilines is 1. The second-order valence-corrected chi connectivity index (χ2v) is 6.90. The molecule has 8 heteroatoms. The maximum absolute atomic E-state index is 12.1. The molecule has 2 aromatic carbocycles. The van der Waals surface area contributed by atoms with Gasteiger partial charge in [0, 0.05) is 16.7 Å². The topological polar surface area (TPSA) is 109 Å². The van der Waals surface area contributed by atoms with Crippen molar-refractivity contribution in [2.75, 3.05) is 19.0 Å². The number of hydrogen-bond acceptors (Lipinski definition) is 7. The first-order valence-electron chi connectivity index (χ1n) is 8.53. The fourth-order valence-corrected chi connectivity index (χ4v) is 3.13. The van der Waals surface area contributed by atoms with Gasteiger partial charge in [0.1, 0.15) is 5.40 Å². The Kier molecular flexibility index (Phi) is 7.69. The molecule has 0 aromatic heterocycles. The normalized spacial score (nSPS) is 10.4. The number of rotatable bonds is 7. The van der Waals surface area contributed by atoms with Crippen LogP contribution in [0.1, 0.15) is 16.7 Å². The Balaban J connectivity index is 1.92. The molecule has 0 heterocycles. The molecule has 7 nitrogen and oxygen atoms in total. The number of nitrogens with one attached hydrogen (secondary N) is 1. The van der Waals surface area contributed by atoms with Gasteiger partial charge in [0.15, 0.2) is 18.1 Å². The minimum absolute atomic E-state index is 0.00580. The van der Waals surface area contributed by atoms with Crippen molar-refractivity contribution in [2.45, 2.75) is 18.7 Å². The molecule has 0 unspecified atom stereocenters. The highest BCUT2D eigenvalue weighted by atomic mass is 32.2. The molecule has 2 N–H and O–H groups in total. The number of phenols is 1. The lowest BCUT2D eigenvalue weighted by Crippen LogP contribution is -2.21. The number of aromatic hydroxyl groups is 1. The summed E-state index contributed by atoms with van der Waals surface area (Å²) in [6.07, 6.45) is 2.67. The van der Waals surface area contributed by atoms with E-state index in [4.69, 9.17) is 14.7 Å². The lowest BCUT2D eigenvalue weighted by atomic mass is 10.1. The quantitative estimate of drug-likeness (QED) is 0.308. The van der Waals surface area contributed by atoms with Crippen LogP contribution in [0.5, 0.6) is 11.5 Å². The highest BCUT2D eigenvalue weighted by molar-refractivity contribution is 8.03. The highest BCUT2D eigenvalue weighted by Gasteiger charge is 2.11. The van der Waals surface area contributed by atoms with E-state index in [1.54, 1.807) is 24.3 Å². The van der Waals surface area contributed by atoms with Crippen LogP contribution in [0.25, 0.3) is 6.08 Å². The summed E-state index contributed by atoms with van der Waals surface area (Å²) < 4.78 is 9.95.